The topological polar surface area (TPSA) is 65.5 Å². The first-order valence-electron chi connectivity index (χ1n) is 7.65. The largest absolute Gasteiger partial charge is 0.357 e. The molecule has 0 bridgehead atoms. The van der Waals surface area contributed by atoms with E-state index in [1.807, 2.05) is 25.1 Å². The first-order chi connectivity index (χ1) is 10.2. The number of nitrogens with one attached hydrogen (secondary N) is 3. The maximum absolute atomic E-state index is 11.8. The Morgan fingerprint density at radius 3 is 2.90 bits per heavy atom. The molecule has 0 saturated heterocycles. The van der Waals surface area contributed by atoms with Crippen molar-refractivity contribution >= 4 is 17.6 Å². The Morgan fingerprint density at radius 2 is 2.14 bits per heavy atom. The average Bonchev–Trinajstić information content (AvgIpc) is 2.49. The van der Waals surface area contributed by atoms with E-state index in [1.54, 1.807) is 0 Å². The minimum atomic E-state index is 0.0698. The Balaban J connectivity index is 2.09. The molecular formula is C16H24N4O. The Hall–Kier alpha value is -2.04. The van der Waals surface area contributed by atoms with Gasteiger partial charge in [-0.3, -0.25) is 9.79 Å². The highest BCUT2D eigenvalue weighted by atomic mass is 16.1. The maximum Gasteiger partial charge on any atom is 0.225 e. The summed E-state index contributed by atoms with van der Waals surface area (Å²) < 4.78 is 0. The van der Waals surface area contributed by atoms with Crippen LogP contribution in [0.15, 0.2) is 29.3 Å². The zero-order valence-electron chi connectivity index (χ0n) is 12.8. The zero-order chi connectivity index (χ0) is 15.1. The van der Waals surface area contributed by atoms with Crippen LogP contribution in [0.5, 0.6) is 0 Å². The summed E-state index contributed by atoms with van der Waals surface area (Å²) in [7, 11) is 0. The normalized spacial score (nSPS) is 17.9. The van der Waals surface area contributed by atoms with E-state index >= 15 is 0 Å². The van der Waals surface area contributed by atoms with Gasteiger partial charge in [0.2, 0.25) is 5.91 Å². The molecule has 3 N–H and O–H groups in total. The molecule has 5 nitrogen and oxygen atoms in total. The first kappa shape index (κ1) is 15.4. The fraction of sp³-hybridized carbons (Fsp3) is 0.500. The molecule has 21 heavy (non-hydrogen) atoms. The highest BCUT2D eigenvalue weighted by Crippen LogP contribution is 2.31. The monoisotopic (exact) mass is 288 g/mol. The van der Waals surface area contributed by atoms with Crippen molar-refractivity contribution in [3.05, 3.63) is 29.8 Å². The number of hydrogen-bond acceptors (Lipinski definition) is 2. The third kappa shape index (κ3) is 4.21. The van der Waals surface area contributed by atoms with Gasteiger partial charge in [0.1, 0.15) is 0 Å². The third-order valence-electron chi connectivity index (χ3n) is 3.46. The van der Waals surface area contributed by atoms with E-state index in [2.05, 4.69) is 33.9 Å². The van der Waals surface area contributed by atoms with E-state index < -0.39 is 0 Å². The Morgan fingerprint density at radius 1 is 1.33 bits per heavy atom. The molecule has 1 heterocycles. The summed E-state index contributed by atoms with van der Waals surface area (Å²) in [6.45, 7) is 6.51. The number of rotatable bonds is 5. The van der Waals surface area contributed by atoms with Crippen molar-refractivity contribution < 1.29 is 4.79 Å². The van der Waals surface area contributed by atoms with Gasteiger partial charge in [-0.05, 0) is 25.0 Å². The van der Waals surface area contributed by atoms with Crippen LogP contribution in [0.2, 0.25) is 0 Å². The van der Waals surface area contributed by atoms with E-state index in [0.29, 0.717) is 13.0 Å². The molecule has 1 aromatic carbocycles. The lowest BCUT2D eigenvalue weighted by Crippen LogP contribution is -2.38. The second kappa shape index (κ2) is 7.67. The molecule has 1 amide bonds. The molecule has 0 spiro atoms. The van der Waals surface area contributed by atoms with Gasteiger partial charge in [-0.15, -0.1) is 0 Å². The molecule has 0 radical (unpaired) electrons. The maximum atomic E-state index is 11.8. The summed E-state index contributed by atoms with van der Waals surface area (Å²) in [5.74, 6) is 1.04. The lowest BCUT2D eigenvalue weighted by Gasteiger charge is -2.24. The SMILES string of the molecule is CCCNC(=NCC1CC(=O)Nc2ccccc21)NCC. The standard InChI is InChI=1S/C16H24N4O/c1-3-9-18-16(17-4-2)19-11-12-10-15(21)20-14-8-6-5-7-13(12)14/h5-8,12H,3-4,9-11H2,1-2H3,(H,20,21)(H2,17,18,19). The third-order valence-corrected chi connectivity index (χ3v) is 3.46. The predicted octanol–water partition coefficient (Wildman–Crippen LogP) is 2.08. The minimum Gasteiger partial charge on any atom is -0.357 e. The van der Waals surface area contributed by atoms with Crippen LogP contribution in [0.4, 0.5) is 5.69 Å². The fourth-order valence-electron chi connectivity index (χ4n) is 2.45. The zero-order valence-corrected chi connectivity index (χ0v) is 12.8. The quantitative estimate of drug-likeness (QED) is 0.574. The number of nitrogens with zero attached hydrogens (tertiary/aromatic N) is 1. The number of fused-ring (bicyclic) bond motifs is 1. The summed E-state index contributed by atoms with van der Waals surface area (Å²) in [6, 6.07) is 7.97. The molecule has 2 rings (SSSR count). The molecule has 1 unspecified atom stereocenters. The number of hydrogen-bond donors (Lipinski definition) is 3. The van der Waals surface area contributed by atoms with Crippen LogP contribution in [0.1, 0.15) is 38.2 Å². The summed E-state index contributed by atoms with van der Waals surface area (Å²) >= 11 is 0. The molecule has 0 saturated carbocycles. The minimum absolute atomic E-state index is 0.0698. The summed E-state index contributed by atoms with van der Waals surface area (Å²) in [4.78, 5) is 16.4. The molecule has 1 atom stereocenters. The van der Waals surface area contributed by atoms with Crippen molar-refractivity contribution in [1.82, 2.24) is 10.6 Å². The van der Waals surface area contributed by atoms with Gasteiger partial charge >= 0.3 is 0 Å². The summed E-state index contributed by atoms with van der Waals surface area (Å²) in [6.07, 6.45) is 1.55. The second-order valence-electron chi connectivity index (χ2n) is 5.18. The van der Waals surface area contributed by atoms with Gasteiger partial charge in [0.05, 0.1) is 6.54 Å². The Kier molecular flexibility index (Phi) is 5.60. The Labute approximate surface area is 126 Å². The molecule has 0 fully saturated rings. The number of aliphatic imine (C=N–C) groups is 1. The second-order valence-corrected chi connectivity index (χ2v) is 5.18. The van der Waals surface area contributed by atoms with Crippen LogP contribution in [-0.2, 0) is 4.79 Å². The lowest BCUT2D eigenvalue weighted by atomic mass is 9.91. The summed E-state index contributed by atoms with van der Waals surface area (Å²) in [5, 5.41) is 9.43. The summed E-state index contributed by atoms with van der Waals surface area (Å²) in [5.41, 5.74) is 2.09. The molecular weight excluding hydrogens is 264 g/mol. The fourth-order valence-corrected chi connectivity index (χ4v) is 2.45. The number of amides is 1. The van der Waals surface area contributed by atoms with Crippen LogP contribution in [0.25, 0.3) is 0 Å². The van der Waals surface area contributed by atoms with Gasteiger partial charge in [-0.2, -0.15) is 0 Å². The molecule has 114 valence electrons. The first-order valence-corrected chi connectivity index (χ1v) is 7.65. The van der Waals surface area contributed by atoms with Crippen LogP contribution in [0.3, 0.4) is 0 Å². The number of anilines is 1. The van der Waals surface area contributed by atoms with Crippen molar-refractivity contribution in [3.8, 4) is 0 Å². The highest BCUT2D eigenvalue weighted by Gasteiger charge is 2.24. The molecule has 1 aromatic rings. The van der Waals surface area contributed by atoms with Crippen LogP contribution >= 0.6 is 0 Å². The molecule has 5 heteroatoms. The molecule has 0 aromatic heterocycles. The Bertz CT molecular complexity index is 513. The van der Waals surface area contributed by atoms with Crippen molar-refractivity contribution in [2.75, 3.05) is 25.0 Å². The highest BCUT2D eigenvalue weighted by molar-refractivity contribution is 5.94. The van der Waals surface area contributed by atoms with Gasteiger partial charge < -0.3 is 16.0 Å². The number of para-hydroxylation sites is 1. The molecule has 1 aliphatic heterocycles. The van der Waals surface area contributed by atoms with E-state index in [-0.39, 0.29) is 11.8 Å². The lowest BCUT2D eigenvalue weighted by molar-refractivity contribution is -0.116. The smallest absolute Gasteiger partial charge is 0.225 e. The van der Waals surface area contributed by atoms with Crippen LogP contribution in [-0.4, -0.2) is 31.5 Å². The number of carbonyl (C=O) groups excluding carboxylic acids is 1. The molecule has 0 aliphatic carbocycles. The van der Waals surface area contributed by atoms with Crippen molar-refractivity contribution in [1.29, 1.82) is 0 Å². The number of guanidine groups is 1. The van der Waals surface area contributed by atoms with Gasteiger partial charge in [-0.1, -0.05) is 25.1 Å². The van der Waals surface area contributed by atoms with Gasteiger partial charge in [0, 0.05) is 31.1 Å². The van der Waals surface area contributed by atoms with E-state index in [0.717, 1.165) is 31.2 Å². The average molecular weight is 288 g/mol. The van der Waals surface area contributed by atoms with E-state index in [1.165, 1.54) is 5.56 Å². The van der Waals surface area contributed by atoms with Crippen molar-refractivity contribution in [3.63, 3.8) is 0 Å². The van der Waals surface area contributed by atoms with E-state index in [9.17, 15) is 4.79 Å². The molecule has 1 aliphatic rings. The van der Waals surface area contributed by atoms with E-state index in [4.69, 9.17) is 0 Å². The van der Waals surface area contributed by atoms with Crippen molar-refractivity contribution in [2.45, 2.75) is 32.6 Å². The predicted molar refractivity (Wildman–Crippen MR) is 86.7 cm³/mol. The van der Waals surface area contributed by atoms with Crippen LogP contribution in [0, 0.1) is 0 Å². The number of benzene rings is 1. The number of carbonyl (C=O) groups is 1. The van der Waals surface area contributed by atoms with Gasteiger partial charge in [-0.25, -0.2) is 0 Å². The van der Waals surface area contributed by atoms with Gasteiger partial charge in [0.15, 0.2) is 5.96 Å². The van der Waals surface area contributed by atoms with Crippen molar-refractivity contribution in [2.24, 2.45) is 4.99 Å². The van der Waals surface area contributed by atoms with Crippen LogP contribution < -0.4 is 16.0 Å². The van der Waals surface area contributed by atoms with Gasteiger partial charge in [0.25, 0.3) is 0 Å².